The molecule has 0 unspecified atom stereocenters. The van der Waals surface area contributed by atoms with Crippen molar-refractivity contribution in [2.45, 2.75) is 4.83 Å². The summed E-state index contributed by atoms with van der Waals surface area (Å²) >= 11 is 6.78. The molecule has 1 rings (SSSR count). The van der Waals surface area contributed by atoms with Gasteiger partial charge in [-0.25, -0.2) is 0 Å². The second-order valence-electron chi connectivity index (χ2n) is 2.70. The van der Waals surface area contributed by atoms with Gasteiger partial charge in [0.1, 0.15) is 12.4 Å². The molecule has 0 amide bonds. The molecule has 0 fully saturated rings. The van der Waals surface area contributed by atoms with Crippen LogP contribution in [0.1, 0.15) is 5.56 Å². The van der Waals surface area contributed by atoms with Gasteiger partial charge < -0.3 is 4.74 Å². The molecule has 0 radical (unpaired) electrons. The lowest BCUT2D eigenvalue weighted by molar-refractivity contribution is 0.325. The third-order valence-electron chi connectivity index (χ3n) is 1.58. The topological polar surface area (TPSA) is 33.0 Å². The Labute approximate surface area is 100 Å². The third-order valence-corrected chi connectivity index (χ3v) is 3.82. The Hall–Kier alpha value is -0.530. The van der Waals surface area contributed by atoms with Crippen LogP contribution < -0.4 is 4.74 Å². The molecular weight excluding hydrogens is 310 g/mol. The number of alkyl halides is 2. The zero-order valence-electron chi connectivity index (χ0n) is 7.41. The second kappa shape index (κ2) is 6.05. The third kappa shape index (κ3) is 3.69. The van der Waals surface area contributed by atoms with E-state index in [1.54, 1.807) is 24.3 Å². The van der Waals surface area contributed by atoms with Gasteiger partial charge in [0.2, 0.25) is 0 Å². The van der Waals surface area contributed by atoms with Crippen LogP contribution in [-0.4, -0.2) is 16.8 Å². The average molecular weight is 319 g/mol. The summed E-state index contributed by atoms with van der Waals surface area (Å²) in [6.45, 7) is 0.608. The van der Waals surface area contributed by atoms with E-state index in [1.807, 2.05) is 0 Å². The summed E-state index contributed by atoms with van der Waals surface area (Å²) in [4.78, 5) is 0.304. The van der Waals surface area contributed by atoms with Crippen LogP contribution >= 0.6 is 31.9 Å². The Kier molecular flexibility index (Phi) is 4.99. The van der Waals surface area contributed by atoms with Gasteiger partial charge in [-0.2, -0.15) is 5.26 Å². The highest BCUT2D eigenvalue weighted by Crippen LogP contribution is 2.13. The highest BCUT2D eigenvalue weighted by Gasteiger charge is 2.02. The molecule has 0 aliphatic rings. The summed E-state index contributed by atoms with van der Waals surface area (Å²) in [6, 6.07) is 9.14. The van der Waals surface area contributed by atoms with Gasteiger partial charge in [-0.15, -0.1) is 0 Å². The summed E-state index contributed by atoms with van der Waals surface area (Å²) in [6.07, 6.45) is 0. The van der Waals surface area contributed by atoms with Crippen molar-refractivity contribution in [3.8, 4) is 11.8 Å². The molecule has 74 valence electrons. The maximum absolute atomic E-state index is 8.58. The van der Waals surface area contributed by atoms with E-state index < -0.39 is 0 Å². The van der Waals surface area contributed by atoms with E-state index in [9.17, 15) is 0 Å². The van der Waals surface area contributed by atoms with E-state index in [0.29, 0.717) is 17.0 Å². The van der Waals surface area contributed by atoms with Crippen molar-refractivity contribution >= 4 is 31.9 Å². The molecule has 0 heterocycles. The van der Waals surface area contributed by atoms with Crippen LogP contribution in [0, 0.1) is 11.3 Å². The minimum atomic E-state index is 0.304. The van der Waals surface area contributed by atoms with Crippen molar-refractivity contribution in [1.82, 2.24) is 0 Å². The van der Waals surface area contributed by atoms with Crippen LogP contribution in [0.15, 0.2) is 24.3 Å². The fraction of sp³-hybridized carbons (Fsp3) is 0.300. The van der Waals surface area contributed by atoms with Crippen molar-refractivity contribution < 1.29 is 4.74 Å². The molecule has 0 aliphatic heterocycles. The smallest absolute Gasteiger partial charge is 0.119 e. The highest BCUT2D eigenvalue weighted by atomic mass is 79.9. The summed E-state index contributed by atoms with van der Waals surface area (Å²) < 4.78 is 5.47. The van der Waals surface area contributed by atoms with Gasteiger partial charge in [0.15, 0.2) is 0 Å². The standard InChI is InChI=1S/C10H9Br2NO/c11-5-9(12)7-14-10-3-1-8(6-13)2-4-10/h1-4,9H,5,7H2/t9-/m0/s1. The second-order valence-corrected chi connectivity index (χ2v) is 4.64. The lowest BCUT2D eigenvalue weighted by Gasteiger charge is -2.08. The van der Waals surface area contributed by atoms with Crippen molar-refractivity contribution in [1.29, 1.82) is 5.26 Å². The quantitative estimate of drug-likeness (QED) is 0.799. The SMILES string of the molecule is N#Cc1ccc(OC[C@@H](Br)CBr)cc1. The number of hydrogen-bond acceptors (Lipinski definition) is 2. The van der Waals surface area contributed by atoms with Crippen molar-refractivity contribution in [2.24, 2.45) is 0 Å². The number of hydrogen-bond donors (Lipinski definition) is 0. The Balaban J connectivity index is 2.49. The summed E-state index contributed by atoms with van der Waals surface area (Å²) in [5.41, 5.74) is 0.647. The van der Waals surface area contributed by atoms with Gasteiger partial charge in [-0.1, -0.05) is 31.9 Å². The van der Waals surface area contributed by atoms with E-state index in [2.05, 4.69) is 37.9 Å². The predicted octanol–water partition coefficient (Wildman–Crippen LogP) is 3.10. The van der Waals surface area contributed by atoms with E-state index in [-0.39, 0.29) is 0 Å². The predicted molar refractivity (Wildman–Crippen MR) is 63.2 cm³/mol. The minimum Gasteiger partial charge on any atom is -0.492 e. The largest absolute Gasteiger partial charge is 0.492 e. The molecule has 0 aromatic heterocycles. The molecule has 14 heavy (non-hydrogen) atoms. The van der Waals surface area contributed by atoms with Gasteiger partial charge in [0, 0.05) is 5.33 Å². The number of rotatable bonds is 4. The lowest BCUT2D eigenvalue weighted by Crippen LogP contribution is -2.12. The number of nitriles is 1. The first-order chi connectivity index (χ1) is 6.76. The maximum atomic E-state index is 8.58. The van der Waals surface area contributed by atoms with Gasteiger partial charge in [0.25, 0.3) is 0 Å². The molecule has 1 aromatic rings. The fourth-order valence-corrected chi connectivity index (χ4v) is 1.18. The molecule has 0 bridgehead atoms. The zero-order valence-corrected chi connectivity index (χ0v) is 10.6. The average Bonchev–Trinajstić information content (AvgIpc) is 2.26. The molecule has 0 N–H and O–H groups in total. The summed E-state index contributed by atoms with van der Waals surface area (Å²) in [7, 11) is 0. The van der Waals surface area contributed by atoms with Crippen molar-refractivity contribution in [3.05, 3.63) is 29.8 Å². The number of ether oxygens (including phenoxy) is 1. The molecule has 1 atom stereocenters. The zero-order chi connectivity index (χ0) is 10.4. The Bertz CT molecular complexity index is 318. The fourth-order valence-electron chi connectivity index (χ4n) is 0.857. The molecule has 0 saturated carbocycles. The van der Waals surface area contributed by atoms with Gasteiger partial charge >= 0.3 is 0 Å². The summed E-state index contributed by atoms with van der Waals surface area (Å²) in [5, 5.41) is 9.43. The molecular formula is C10H9Br2NO. The van der Waals surface area contributed by atoms with Crippen LogP contribution in [0.3, 0.4) is 0 Å². The summed E-state index contributed by atoms with van der Waals surface area (Å²) in [5.74, 6) is 0.786. The number of nitrogens with zero attached hydrogens (tertiary/aromatic N) is 1. The highest BCUT2D eigenvalue weighted by molar-refractivity contribution is 9.12. The normalized spacial score (nSPS) is 11.8. The first-order valence-corrected chi connectivity index (χ1v) is 6.13. The molecule has 0 aliphatic carbocycles. The van der Waals surface area contributed by atoms with E-state index >= 15 is 0 Å². The monoisotopic (exact) mass is 317 g/mol. The first-order valence-electron chi connectivity index (χ1n) is 4.09. The van der Waals surface area contributed by atoms with Gasteiger partial charge in [-0.05, 0) is 24.3 Å². The molecule has 1 aromatic carbocycles. The molecule has 0 saturated heterocycles. The Morgan fingerprint density at radius 2 is 2.00 bits per heavy atom. The molecule has 4 heteroatoms. The molecule has 0 spiro atoms. The van der Waals surface area contributed by atoms with E-state index in [1.165, 1.54) is 0 Å². The maximum Gasteiger partial charge on any atom is 0.119 e. The Morgan fingerprint density at radius 3 is 2.50 bits per heavy atom. The van der Waals surface area contributed by atoms with Crippen molar-refractivity contribution in [3.63, 3.8) is 0 Å². The van der Waals surface area contributed by atoms with Crippen LogP contribution in [-0.2, 0) is 0 Å². The molecule has 2 nitrogen and oxygen atoms in total. The van der Waals surface area contributed by atoms with Gasteiger partial charge in [-0.3, -0.25) is 0 Å². The number of halogens is 2. The van der Waals surface area contributed by atoms with Gasteiger partial charge in [0.05, 0.1) is 16.5 Å². The first kappa shape index (κ1) is 11.5. The Morgan fingerprint density at radius 1 is 1.36 bits per heavy atom. The van der Waals surface area contributed by atoms with Crippen LogP contribution in [0.5, 0.6) is 5.75 Å². The van der Waals surface area contributed by atoms with Crippen LogP contribution in [0.25, 0.3) is 0 Å². The number of benzene rings is 1. The van der Waals surface area contributed by atoms with Crippen LogP contribution in [0.4, 0.5) is 0 Å². The lowest BCUT2D eigenvalue weighted by atomic mass is 10.2. The van der Waals surface area contributed by atoms with Crippen LogP contribution in [0.2, 0.25) is 0 Å². The van der Waals surface area contributed by atoms with E-state index in [0.717, 1.165) is 11.1 Å². The van der Waals surface area contributed by atoms with Crippen molar-refractivity contribution in [2.75, 3.05) is 11.9 Å². The minimum absolute atomic E-state index is 0.304. The van der Waals surface area contributed by atoms with E-state index in [4.69, 9.17) is 10.00 Å².